The Bertz CT molecular complexity index is 382. The first-order chi connectivity index (χ1) is 5.38. The standard InChI is InChI=1S/C9H9N2.HI/c10-11-7-3-5-8-4-1-2-6-9(8)11;/h1-7H,10H2;1H/q+1;/p-1. The van der Waals surface area contributed by atoms with Gasteiger partial charge in [0.15, 0.2) is 6.20 Å². The third-order valence-corrected chi connectivity index (χ3v) is 1.74. The molecule has 0 aliphatic rings. The summed E-state index contributed by atoms with van der Waals surface area (Å²) >= 11 is 0. The molecule has 0 spiro atoms. The van der Waals surface area contributed by atoms with Gasteiger partial charge in [-0.1, -0.05) is 16.8 Å². The number of hydrogen-bond acceptors (Lipinski definition) is 1. The lowest BCUT2D eigenvalue weighted by Gasteiger charge is -1.91. The largest absolute Gasteiger partial charge is 1.00 e. The fraction of sp³-hybridized carbons (Fsp3) is 0. The van der Waals surface area contributed by atoms with Crippen LogP contribution < -0.4 is 34.5 Å². The van der Waals surface area contributed by atoms with Crippen molar-refractivity contribution in [1.29, 1.82) is 0 Å². The van der Waals surface area contributed by atoms with E-state index in [1.54, 1.807) is 4.68 Å². The van der Waals surface area contributed by atoms with E-state index in [4.69, 9.17) is 5.84 Å². The lowest BCUT2D eigenvalue weighted by atomic mass is 10.2. The van der Waals surface area contributed by atoms with E-state index >= 15 is 0 Å². The van der Waals surface area contributed by atoms with Gasteiger partial charge in [0, 0.05) is 17.5 Å². The van der Waals surface area contributed by atoms with Crippen molar-refractivity contribution in [3.8, 4) is 0 Å². The summed E-state index contributed by atoms with van der Waals surface area (Å²) in [5.41, 5.74) is 1.05. The van der Waals surface area contributed by atoms with E-state index in [0.717, 1.165) is 10.9 Å². The summed E-state index contributed by atoms with van der Waals surface area (Å²) in [6.45, 7) is 0. The van der Waals surface area contributed by atoms with Gasteiger partial charge >= 0.3 is 0 Å². The number of hydrogen-bond donors (Lipinski definition) is 1. The first-order valence-electron chi connectivity index (χ1n) is 3.52. The Kier molecular flexibility index (Phi) is 2.86. The number of rotatable bonds is 0. The quantitative estimate of drug-likeness (QED) is 0.331. The molecule has 0 saturated carbocycles. The Morgan fingerprint density at radius 3 is 2.42 bits per heavy atom. The minimum Gasteiger partial charge on any atom is -1.00 e. The molecule has 0 amide bonds. The molecule has 0 radical (unpaired) electrons. The maximum absolute atomic E-state index is 5.67. The zero-order valence-electron chi connectivity index (χ0n) is 6.44. The van der Waals surface area contributed by atoms with Crippen LogP contribution in [0.3, 0.4) is 0 Å². The Morgan fingerprint density at radius 1 is 1.00 bits per heavy atom. The second-order valence-electron chi connectivity index (χ2n) is 2.47. The molecule has 0 saturated heterocycles. The maximum atomic E-state index is 5.67. The first kappa shape index (κ1) is 9.25. The molecule has 0 unspecified atom stereocenters. The molecule has 0 fully saturated rings. The molecule has 3 heteroatoms. The van der Waals surface area contributed by atoms with E-state index in [0.29, 0.717) is 0 Å². The van der Waals surface area contributed by atoms with Crippen LogP contribution in [0.1, 0.15) is 0 Å². The van der Waals surface area contributed by atoms with Gasteiger partial charge in [0.25, 0.3) is 0 Å². The molecule has 2 aromatic rings. The molecular weight excluding hydrogens is 263 g/mol. The Hall–Kier alpha value is -0.840. The predicted octanol–water partition coefficient (Wildman–Crippen LogP) is -2.15. The van der Waals surface area contributed by atoms with Crippen LogP contribution in [0.4, 0.5) is 0 Å². The molecule has 0 aliphatic heterocycles. The SMILES string of the molecule is N[n+]1cccc2ccccc21.[I-]. The molecule has 0 aliphatic carbocycles. The highest BCUT2D eigenvalue weighted by atomic mass is 127. The number of para-hydroxylation sites is 1. The summed E-state index contributed by atoms with van der Waals surface area (Å²) in [4.78, 5) is 0. The van der Waals surface area contributed by atoms with Crippen LogP contribution in [0.2, 0.25) is 0 Å². The van der Waals surface area contributed by atoms with E-state index in [9.17, 15) is 0 Å². The van der Waals surface area contributed by atoms with E-state index in [1.165, 1.54) is 0 Å². The number of halogens is 1. The second-order valence-corrected chi connectivity index (χ2v) is 2.47. The molecule has 1 aromatic carbocycles. The molecule has 1 aromatic heterocycles. The van der Waals surface area contributed by atoms with Crippen molar-refractivity contribution in [2.75, 3.05) is 5.84 Å². The maximum Gasteiger partial charge on any atom is 0.242 e. The fourth-order valence-electron chi connectivity index (χ4n) is 1.18. The van der Waals surface area contributed by atoms with Crippen LogP contribution in [-0.2, 0) is 0 Å². The third-order valence-electron chi connectivity index (χ3n) is 1.74. The van der Waals surface area contributed by atoms with E-state index in [2.05, 4.69) is 0 Å². The third kappa shape index (κ3) is 1.50. The van der Waals surface area contributed by atoms with Crippen molar-refractivity contribution in [2.45, 2.75) is 0 Å². The van der Waals surface area contributed by atoms with Crippen LogP contribution in [0, 0.1) is 0 Å². The molecule has 2 N–H and O–H groups in total. The van der Waals surface area contributed by atoms with Gasteiger partial charge in [-0.3, -0.25) is 0 Å². The van der Waals surface area contributed by atoms with E-state index in [-0.39, 0.29) is 24.0 Å². The molecule has 2 nitrogen and oxygen atoms in total. The molecule has 0 atom stereocenters. The summed E-state index contributed by atoms with van der Waals surface area (Å²) in [5.74, 6) is 5.67. The average Bonchev–Trinajstić information content (AvgIpc) is 2.06. The van der Waals surface area contributed by atoms with Crippen LogP contribution >= 0.6 is 0 Å². The minimum absolute atomic E-state index is 0. The van der Waals surface area contributed by atoms with Crippen molar-refractivity contribution >= 4 is 10.9 Å². The highest BCUT2D eigenvalue weighted by molar-refractivity contribution is 5.74. The van der Waals surface area contributed by atoms with Crippen molar-refractivity contribution in [1.82, 2.24) is 0 Å². The number of aromatic nitrogens is 1. The van der Waals surface area contributed by atoms with Gasteiger partial charge in [-0.05, 0) is 12.1 Å². The molecular formula is C9H9IN2. The van der Waals surface area contributed by atoms with Crippen molar-refractivity contribution in [3.05, 3.63) is 42.6 Å². The number of nitrogens with two attached hydrogens (primary N) is 1. The smallest absolute Gasteiger partial charge is 0.242 e. The summed E-state index contributed by atoms with van der Waals surface area (Å²) in [6.07, 6.45) is 1.84. The highest BCUT2D eigenvalue weighted by Crippen LogP contribution is 2.05. The van der Waals surface area contributed by atoms with Gasteiger partial charge in [-0.25, -0.2) is 5.84 Å². The zero-order chi connectivity index (χ0) is 7.68. The topological polar surface area (TPSA) is 29.9 Å². The van der Waals surface area contributed by atoms with Crippen LogP contribution in [-0.4, -0.2) is 0 Å². The first-order valence-corrected chi connectivity index (χ1v) is 3.52. The minimum atomic E-state index is 0. The van der Waals surface area contributed by atoms with Gasteiger partial charge in [0.05, 0.1) is 0 Å². The number of fused-ring (bicyclic) bond motifs is 1. The molecule has 12 heavy (non-hydrogen) atoms. The summed E-state index contributed by atoms with van der Waals surface area (Å²) in [6, 6.07) is 12.0. The average molecular weight is 272 g/mol. The van der Waals surface area contributed by atoms with Crippen molar-refractivity contribution in [2.24, 2.45) is 0 Å². The van der Waals surface area contributed by atoms with Crippen LogP contribution in [0.15, 0.2) is 42.6 Å². The lowest BCUT2D eigenvalue weighted by molar-refractivity contribution is -0.611. The second kappa shape index (κ2) is 3.71. The van der Waals surface area contributed by atoms with E-state index < -0.39 is 0 Å². The molecule has 0 bridgehead atoms. The molecule has 62 valence electrons. The molecule has 2 rings (SSSR count). The van der Waals surface area contributed by atoms with Gasteiger partial charge in [-0.15, -0.1) is 0 Å². The number of pyridine rings is 1. The number of nitrogens with zero attached hydrogens (tertiary/aromatic N) is 1. The summed E-state index contributed by atoms with van der Waals surface area (Å²) in [7, 11) is 0. The van der Waals surface area contributed by atoms with E-state index in [1.807, 2.05) is 42.6 Å². The van der Waals surface area contributed by atoms with Gasteiger partial charge in [-0.2, -0.15) is 0 Å². The Labute approximate surface area is 88.0 Å². The number of benzene rings is 1. The Balaban J connectivity index is 0.000000720. The van der Waals surface area contributed by atoms with Gasteiger partial charge < -0.3 is 24.0 Å². The predicted molar refractivity (Wildman–Crippen MR) is 44.3 cm³/mol. The Morgan fingerprint density at radius 2 is 1.67 bits per heavy atom. The molecule has 1 heterocycles. The van der Waals surface area contributed by atoms with Gasteiger partial charge in [0.2, 0.25) is 5.52 Å². The van der Waals surface area contributed by atoms with Crippen LogP contribution in [0.25, 0.3) is 10.9 Å². The fourth-order valence-corrected chi connectivity index (χ4v) is 1.18. The number of nitrogen functional groups attached to an aromatic ring is 1. The van der Waals surface area contributed by atoms with Crippen molar-refractivity contribution < 1.29 is 28.7 Å². The summed E-state index contributed by atoms with van der Waals surface area (Å²) < 4.78 is 1.62. The van der Waals surface area contributed by atoms with Crippen LogP contribution in [0.5, 0.6) is 0 Å². The monoisotopic (exact) mass is 272 g/mol. The normalized spacial score (nSPS) is 9.33. The zero-order valence-corrected chi connectivity index (χ0v) is 8.60. The van der Waals surface area contributed by atoms with Crippen molar-refractivity contribution in [3.63, 3.8) is 0 Å². The lowest BCUT2D eigenvalue weighted by Crippen LogP contribution is -3.00. The summed E-state index contributed by atoms with van der Waals surface area (Å²) in [5, 5.41) is 1.16. The van der Waals surface area contributed by atoms with Gasteiger partial charge in [0.1, 0.15) is 0 Å². The highest BCUT2D eigenvalue weighted by Gasteiger charge is 2.00.